The maximum atomic E-state index is 12.3. The average Bonchev–Trinajstić information content (AvgIpc) is 2.00. The van der Waals surface area contributed by atoms with Crippen LogP contribution >= 0.6 is 0 Å². The van der Waals surface area contributed by atoms with Gasteiger partial charge in [0.25, 0.3) is 0 Å². The fraction of sp³-hybridized carbons (Fsp3) is 0.750. The van der Waals surface area contributed by atoms with Crippen LogP contribution in [0.3, 0.4) is 0 Å². The topological polar surface area (TPSA) is 101 Å². The van der Waals surface area contributed by atoms with E-state index in [0.29, 0.717) is 0 Å². The zero-order valence-electron chi connectivity index (χ0n) is 6.90. The summed E-state index contributed by atoms with van der Waals surface area (Å²) < 4.78 is 90.9. The lowest BCUT2D eigenvalue weighted by Crippen LogP contribution is -2.50. The van der Waals surface area contributed by atoms with Crippen LogP contribution in [0.15, 0.2) is 0 Å². The molecular weight excluding hydrogens is 271 g/mol. The molecule has 0 aliphatic carbocycles. The third kappa shape index (κ3) is 2.76. The van der Waals surface area contributed by atoms with Gasteiger partial charge in [0.05, 0.1) is 0 Å². The minimum absolute atomic E-state index is 2.40. The molecule has 0 saturated carbocycles. The molecule has 0 rings (SSSR count). The Bertz CT molecular complexity index is 376. The van der Waals surface area contributed by atoms with Gasteiger partial charge in [-0.15, -0.1) is 0 Å². The van der Waals surface area contributed by atoms with Gasteiger partial charge in [0.2, 0.25) is 0 Å². The molecule has 0 amide bonds. The van der Waals surface area contributed by atoms with Crippen molar-refractivity contribution < 1.29 is 49.6 Å². The molecule has 0 saturated heterocycles. The smallest absolute Gasteiger partial charge is 0.460 e. The Labute approximate surface area is 84.4 Å². The van der Waals surface area contributed by atoms with Crippen LogP contribution in [-0.4, -0.2) is 41.8 Å². The molecule has 12 heteroatoms. The van der Waals surface area contributed by atoms with E-state index < -0.39 is 33.8 Å². The van der Waals surface area contributed by atoms with Crippen LogP contribution in [0, 0.1) is 0 Å². The predicted octanol–water partition coefficient (Wildman–Crippen LogP) is 0.457. The molecule has 0 bridgehead atoms. The van der Waals surface area contributed by atoms with Crippen molar-refractivity contribution in [3.8, 4) is 0 Å². The highest BCUT2D eigenvalue weighted by Gasteiger charge is 2.68. The maximum absolute atomic E-state index is 12.3. The van der Waals surface area contributed by atoms with E-state index in [2.05, 4.69) is 4.74 Å². The number of hydrogen-bond acceptors (Lipinski definition) is 4. The molecule has 0 spiro atoms. The Kier molecular flexibility index (Phi) is 3.84. The second-order valence-corrected chi connectivity index (χ2v) is 3.74. The first-order valence-electron chi connectivity index (χ1n) is 3.10. The van der Waals surface area contributed by atoms with E-state index in [0.717, 1.165) is 0 Å². The van der Waals surface area contributed by atoms with Gasteiger partial charge in [-0.1, -0.05) is 0 Å². The number of carboxylic acids is 1. The van der Waals surface area contributed by atoms with Crippen molar-refractivity contribution in [3.63, 3.8) is 0 Å². The van der Waals surface area contributed by atoms with E-state index >= 15 is 0 Å². The van der Waals surface area contributed by atoms with Gasteiger partial charge in [-0.05, 0) is 0 Å². The van der Waals surface area contributed by atoms with Crippen molar-refractivity contribution in [3.05, 3.63) is 0 Å². The van der Waals surface area contributed by atoms with E-state index in [1.165, 1.54) is 0 Å². The first-order valence-corrected chi connectivity index (χ1v) is 4.54. The fourth-order valence-corrected chi connectivity index (χ4v) is 0.748. The molecule has 16 heavy (non-hydrogen) atoms. The van der Waals surface area contributed by atoms with Crippen LogP contribution in [0.5, 0.6) is 0 Å². The number of alkyl halides is 5. The second-order valence-electron chi connectivity index (χ2n) is 2.28. The Hall–Kier alpha value is -1.01. The zero-order valence-corrected chi connectivity index (χ0v) is 7.72. The van der Waals surface area contributed by atoms with Gasteiger partial charge in [-0.3, -0.25) is 9.29 Å². The summed E-state index contributed by atoms with van der Waals surface area (Å²) in [6.07, 6.45) is -9.93. The van der Waals surface area contributed by atoms with E-state index in [9.17, 15) is 35.2 Å². The molecule has 0 heterocycles. The normalized spacial score (nSPS) is 15.9. The van der Waals surface area contributed by atoms with Gasteiger partial charge in [-0.2, -0.15) is 26.0 Å². The van der Waals surface area contributed by atoms with Crippen molar-refractivity contribution in [1.29, 1.82) is 0 Å². The largest absolute Gasteiger partial charge is 0.477 e. The highest BCUT2D eigenvalue weighted by Crippen LogP contribution is 2.39. The third-order valence-electron chi connectivity index (χ3n) is 1.11. The summed E-state index contributed by atoms with van der Waals surface area (Å²) >= 11 is 0. The molecule has 0 aromatic heterocycles. The van der Waals surface area contributed by atoms with Crippen LogP contribution in [-0.2, 0) is 19.6 Å². The summed E-state index contributed by atoms with van der Waals surface area (Å²) in [5.41, 5.74) is 0. The van der Waals surface area contributed by atoms with Crippen molar-refractivity contribution in [1.82, 2.24) is 0 Å². The van der Waals surface area contributed by atoms with E-state index in [1.807, 2.05) is 0 Å². The number of halogens is 5. The molecule has 6 nitrogen and oxygen atoms in total. The highest BCUT2D eigenvalue weighted by atomic mass is 32.2. The molecule has 0 aromatic rings. The first-order chi connectivity index (χ1) is 6.83. The Morgan fingerprint density at radius 3 is 1.88 bits per heavy atom. The molecule has 0 aliphatic heterocycles. The summed E-state index contributed by atoms with van der Waals surface area (Å²) in [7, 11) is -6.60. The Balaban J connectivity index is 5.14. The summed E-state index contributed by atoms with van der Waals surface area (Å²) in [5.74, 6) is -2.68. The lowest BCUT2D eigenvalue weighted by Gasteiger charge is -2.23. The van der Waals surface area contributed by atoms with Crippen LogP contribution in [0.2, 0.25) is 0 Å². The summed E-state index contributed by atoms with van der Waals surface area (Å²) in [4.78, 5) is 9.66. The third-order valence-corrected chi connectivity index (χ3v) is 1.99. The minimum Gasteiger partial charge on any atom is -0.477 e. The molecule has 0 aromatic carbocycles. The molecule has 1 atom stereocenters. The molecule has 0 radical (unpaired) electrons. The van der Waals surface area contributed by atoms with Crippen molar-refractivity contribution in [2.24, 2.45) is 0 Å². The van der Waals surface area contributed by atoms with Gasteiger partial charge in [0, 0.05) is 0 Å². The van der Waals surface area contributed by atoms with E-state index in [4.69, 9.17) is 9.66 Å². The van der Waals surface area contributed by atoms with Crippen molar-refractivity contribution in [2.75, 3.05) is 0 Å². The van der Waals surface area contributed by atoms with Crippen LogP contribution in [0.1, 0.15) is 0 Å². The number of carbonyl (C=O) groups is 1. The standard InChI is InChI=1S/C4H3F5O6S/c5-1(2(10)11)15-3(6,7)4(8,9)16(12,13)14/h1H,(H,10,11)(H,12,13,14). The Morgan fingerprint density at radius 2 is 1.62 bits per heavy atom. The number of carboxylic acid groups (broad SMARTS) is 1. The summed E-state index contributed by atoms with van der Waals surface area (Å²) in [6, 6.07) is 0. The molecule has 1 unspecified atom stereocenters. The number of ether oxygens (including phenoxy) is 1. The molecule has 96 valence electrons. The monoisotopic (exact) mass is 274 g/mol. The van der Waals surface area contributed by atoms with Gasteiger partial charge >= 0.3 is 33.8 Å². The molecule has 0 aliphatic rings. The zero-order chi connectivity index (χ0) is 13.4. The molecule has 0 fully saturated rings. The Morgan fingerprint density at radius 1 is 1.25 bits per heavy atom. The van der Waals surface area contributed by atoms with Crippen LogP contribution in [0.25, 0.3) is 0 Å². The molecule has 2 N–H and O–H groups in total. The van der Waals surface area contributed by atoms with Crippen molar-refractivity contribution in [2.45, 2.75) is 17.7 Å². The van der Waals surface area contributed by atoms with Gasteiger partial charge in [0.15, 0.2) is 0 Å². The molecular formula is C4H3F5O6S. The lowest BCUT2D eigenvalue weighted by molar-refractivity contribution is -0.346. The number of aliphatic carboxylic acids is 1. The lowest BCUT2D eigenvalue weighted by atomic mass is 10.6. The van der Waals surface area contributed by atoms with Gasteiger partial charge in [0.1, 0.15) is 0 Å². The average molecular weight is 274 g/mol. The summed E-state index contributed by atoms with van der Waals surface area (Å²) in [5, 5.41) is 1.54. The fourth-order valence-electron chi connectivity index (χ4n) is 0.399. The number of rotatable bonds is 5. The second kappa shape index (κ2) is 4.10. The quantitative estimate of drug-likeness (QED) is 0.557. The highest BCUT2D eigenvalue weighted by molar-refractivity contribution is 7.86. The summed E-state index contributed by atoms with van der Waals surface area (Å²) in [6.45, 7) is 0. The maximum Gasteiger partial charge on any atom is 0.460 e. The number of hydrogen-bond donors (Lipinski definition) is 2. The van der Waals surface area contributed by atoms with Crippen LogP contribution in [0.4, 0.5) is 22.0 Å². The van der Waals surface area contributed by atoms with Gasteiger partial charge in [-0.25, -0.2) is 9.18 Å². The van der Waals surface area contributed by atoms with Gasteiger partial charge < -0.3 is 5.11 Å². The van der Waals surface area contributed by atoms with E-state index in [-0.39, 0.29) is 0 Å². The minimum atomic E-state index is -6.60. The van der Waals surface area contributed by atoms with E-state index in [1.54, 1.807) is 0 Å². The van der Waals surface area contributed by atoms with Crippen LogP contribution < -0.4 is 0 Å². The van der Waals surface area contributed by atoms with Crippen molar-refractivity contribution >= 4 is 16.1 Å². The SMILES string of the molecule is O=C(O)C(F)OC(F)(F)C(F)(F)S(=O)(=O)O. The predicted molar refractivity (Wildman–Crippen MR) is 35.1 cm³/mol. The first kappa shape index (κ1) is 15.0.